The van der Waals surface area contributed by atoms with Crippen LogP contribution in [0.3, 0.4) is 0 Å². The summed E-state index contributed by atoms with van der Waals surface area (Å²) in [5.74, 6) is 0.702. The molecule has 0 bridgehead atoms. The lowest BCUT2D eigenvalue weighted by atomic mass is 10.3. The van der Waals surface area contributed by atoms with Crippen molar-refractivity contribution in [3.05, 3.63) is 16.7 Å². The van der Waals surface area contributed by atoms with E-state index in [1.807, 2.05) is 0 Å². The van der Waals surface area contributed by atoms with E-state index in [9.17, 15) is 4.79 Å². The van der Waals surface area contributed by atoms with E-state index < -0.39 is 0 Å². The second-order valence-electron chi connectivity index (χ2n) is 4.11. The Balaban J connectivity index is 2.58. The Hall–Kier alpha value is -1.56. The number of H-pyrrole nitrogens is 1. The average molecular weight is 240 g/mol. The molecule has 6 heteroatoms. The van der Waals surface area contributed by atoms with Gasteiger partial charge in [-0.2, -0.15) is 0 Å². The lowest BCUT2D eigenvalue weighted by Gasteiger charge is -2.21. The Morgan fingerprint density at radius 2 is 2.29 bits per heavy atom. The molecule has 0 aliphatic rings. The molecule has 6 nitrogen and oxygen atoms in total. The first-order valence-corrected chi connectivity index (χ1v) is 5.62. The SMILES string of the molecule is COc1c(NCCN(C)C(C)C)nc[nH]c1=O. The van der Waals surface area contributed by atoms with Crippen LogP contribution in [0.1, 0.15) is 13.8 Å². The van der Waals surface area contributed by atoms with Gasteiger partial charge in [-0.05, 0) is 20.9 Å². The molecule has 0 aliphatic heterocycles. The third-order valence-electron chi connectivity index (χ3n) is 2.65. The Bertz CT molecular complexity index is 403. The minimum absolute atomic E-state index is 0.222. The highest BCUT2D eigenvalue weighted by molar-refractivity contribution is 5.47. The van der Waals surface area contributed by atoms with Gasteiger partial charge in [-0.25, -0.2) is 4.98 Å². The van der Waals surface area contributed by atoms with Crippen LogP contribution >= 0.6 is 0 Å². The number of anilines is 1. The van der Waals surface area contributed by atoms with Crippen LogP contribution in [0.5, 0.6) is 5.75 Å². The van der Waals surface area contributed by atoms with E-state index in [-0.39, 0.29) is 11.3 Å². The quantitative estimate of drug-likeness (QED) is 0.759. The minimum Gasteiger partial charge on any atom is -0.489 e. The molecule has 17 heavy (non-hydrogen) atoms. The van der Waals surface area contributed by atoms with Crippen LogP contribution < -0.4 is 15.6 Å². The highest BCUT2D eigenvalue weighted by Crippen LogP contribution is 2.13. The molecule has 1 aromatic heterocycles. The van der Waals surface area contributed by atoms with Gasteiger partial charge in [0, 0.05) is 19.1 Å². The van der Waals surface area contributed by atoms with Crippen molar-refractivity contribution in [2.75, 3.05) is 32.6 Å². The lowest BCUT2D eigenvalue weighted by molar-refractivity contribution is 0.284. The van der Waals surface area contributed by atoms with Gasteiger partial charge in [-0.15, -0.1) is 0 Å². The van der Waals surface area contributed by atoms with Crippen LogP contribution in [0.15, 0.2) is 11.1 Å². The highest BCUT2D eigenvalue weighted by Gasteiger charge is 2.08. The van der Waals surface area contributed by atoms with E-state index in [1.54, 1.807) is 0 Å². The summed E-state index contributed by atoms with van der Waals surface area (Å²) in [6.45, 7) is 5.84. The van der Waals surface area contributed by atoms with Gasteiger partial charge in [0.25, 0.3) is 5.56 Å². The van der Waals surface area contributed by atoms with Gasteiger partial charge in [0.05, 0.1) is 13.4 Å². The van der Waals surface area contributed by atoms with Crippen molar-refractivity contribution in [1.29, 1.82) is 0 Å². The van der Waals surface area contributed by atoms with E-state index in [2.05, 4.69) is 41.1 Å². The first kappa shape index (κ1) is 13.5. The van der Waals surface area contributed by atoms with Gasteiger partial charge in [0.2, 0.25) is 5.75 Å². The summed E-state index contributed by atoms with van der Waals surface area (Å²) in [6, 6.07) is 0.492. The average Bonchev–Trinajstić information content (AvgIpc) is 2.29. The topological polar surface area (TPSA) is 70.2 Å². The number of nitrogens with zero attached hydrogens (tertiary/aromatic N) is 2. The van der Waals surface area contributed by atoms with Crippen LogP contribution in [-0.4, -0.2) is 48.2 Å². The molecule has 0 fully saturated rings. The molecule has 0 aromatic carbocycles. The second-order valence-corrected chi connectivity index (χ2v) is 4.11. The molecule has 1 heterocycles. The third kappa shape index (κ3) is 3.74. The predicted molar refractivity (Wildman–Crippen MR) is 67.7 cm³/mol. The number of ether oxygens (including phenoxy) is 1. The van der Waals surface area contributed by atoms with Crippen LogP contribution in [0, 0.1) is 0 Å². The Kier molecular flexibility index (Phi) is 4.96. The van der Waals surface area contributed by atoms with Crippen molar-refractivity contribution >= 4 is 5.82 Å². The number of nitrogens with one attached hydrogen (secondary N) is 2. The van der Waals surface area contributed by atoms with E-state index in [0.717, 1.165) is 6.54 Å². The zero-order valence-corrected chi connectivity index (χ0v) is 10.8. The molecule has 1 aromatic rings. The molecule has 0 unspecified atom stereocenters. The zero-order chi connectivity index (χ0) is 12.8. The molecule has 0 amide bonds. The zero-order valence-electron chi connectivity index (χ0n) is 10.8. The van der Waals surface area contributed by atoms with Gasteiger partial charge in [-0.1, -0.05) is 0 Å². The molecule has 0 spiro atoms. The van der Waals surface area contributed by atoms with Gasteiger partial charge in [-0.3, -0.25) is 4.79 Å². The highest BCUT2D eigenvalue weighted by atomic mass is 16.5. The fourth-order valence-corrected chi connectivity index (χ4v) is 1.31. The van der Waals surface area contributed by atoms with Crippen molar-refractivity contribution in [2.45, 2.75) is 19.9 Å². The summed E-state index contributed by atoms with van der Waals surface area (Å²) in [5, 5.41) is 3.09. The first-order valence-electron chi connectivity index (χ1n) is 5.62. The Morgan fingerprint density at radius 3 is 2.88 bits per heavy atom. The maximum atomic E-state index is 11.4. The van der Waals surface area contributed by atoms with Crippen LogP contribution in [-0.2, 0) is 0 Å². The fourth-order valence-electron chi connectivity index (χ4n) is 1.31. The smallest absolute Gasteiger partial charge is 0.295 e. The summed E-state index contributed by atoms with van der Waals surface area (Å²) >= 11 is 0. The molecule has 0 atom stereocenters. The summed E-state index contributed by atoms with van der Waals surface area (Å²) in [7, 11) is 3.51. The van der Waals surface area contributed by atoms with Gasteiger partial charge >= 0.3 is 0 Å². The van der Waals surface area contributed by atoms with Crippen molar-refractivity contribution in [3.8, 4) is 5.75 Å². The van der Waals surface area contributed by atoms with Crippen LogP contribution in [0.25, 0.3) is 0 Å². The van der Waals surface area contributed by atoms with E-state index in [4.69, 9.17) is 4.74 Å². The van der Waals surface area contributed by atoms with Crippen molar-refractivity contribution in [1.82, 2.24) is 14.9 Å². The van der Waals surface area contributed by atoms with Gasteiger partial charge in [0.1, 0.15) is 0 Å². The third-order valence-corrected chi connectivity index (χ3v) is 2.65. The van der Waals surface area contributed by atoms with Crippen molar-refractivity contribution in [2.24, 2.45) is 0 Å². The van der Waals surface area contributed by atoms with E-state index >= 15 is 0 Å². The molecule has 96 valence electrons. The summed E-state index contributed by atoms with van der Waals surface area (Å²) < 4.78 is 5.00. The number of hydrogen-bond acceptors (Lipinski definition) is 5. The molecule has 2 N–H and O–H groups in total. The van der Waals surface area contributed by atoms with E-state index in [1.165, 1.54) is 13.4 Å². The maximum Gasteiger partial charge on any atom is 0.295 e. The Morgan fingerprint density at radius 1 is 1.59 bits per heavy atom. The van der Waals surface area contributed by atoms with Crippen molar-refractivity contribution < 1.29 is 4.74 Å². The monoisotopic (exact) mass is 240 g/mol. The number of methoxy groups -OCH3 is 1. The van der Waals surface area contributed by atoms with Crippen LogP contribution in [0.2, 0.25) is 0 Å². The Labute approximate surface area is 101 Å². The van der Waals surface area contributed by atoms with Crippen molar-refractivity contribution in [3.63, 3.8) is 0 Å². The van der Waals surface area contributed by atoms with Gasteiger partial charge < -0.3 is 19.9 Å². The van der Waals surface area contributed by atoms with Crippen LogP contribution in [0.4, 0.5) is 5.82 Å². The fraction of sp³-hybridized carbons (Fsp3) is 0.636. The van der Waals surface area contributed by atoms with Gasteiger partial charge in [0.15, 0.2) is 5.82 Å². The molecule has 1 rings (SSSR count). The molecule has 0 radical (unpaired) electrons. The minimum atomic E-state index is -0.276. The number of rotatable bonds is 6. The van der Waals surface area contributed by atoms with E-state index in [0.29, 0.717) is 18.4 Å². The maximum absolute atomic E-state index is 11.4. The second kappa shape index (κ2) is 6.24. The largest absolute Gasteiger partial charge is 0.489 e. The number of aromatic amines is 1. The number of likely N-dealkylation sites (N-methyl/N-ethyl adjacent to an activating group) is 1. The molecule has 0 aliphatic carbocycles. The summed E-state index contributed by atoms with van der Waals surface area (Å²) in [4.78, 5) is 20.1. The molecule has 0 saturated carbocycles. The normalized spacial score (nSPS) is 10.9. The molecule has 0 saturated heterocycles. The molecular formula is C11H20N4O2. The summed E-state index contributed by atoms with van der Waals surface area (Å²) in [6.07, 6.45) is 1.36. The number of hydrogen-bond donors (Lipinski definition) is 2. The summed E-state index contributed by atoms with van der Waals surface area (Å²) in [5.41, 5.74) is -0.276. The standard InChI is InChI=1S/C11H20N4O2/c1-8(2)15(3)6-5-12-10-9(17-4)11(16)14-7-13-10/h7-8H,5-6H2,1-4H3,(H2,12,13,14,16). The number of aromatic nitrogens is 2. The molecular weight excluding hydrogens is 220 g/mol. The predicted octanol–water partition coefficient (Wildman–Crippen LogP) is 0.531. The lowest BCUT2D eigenvalue weighted by Crippen LogP contribution is -2.31. The first-order chi connectivity index (χ1) is 8.06.